The molecule has 1 aromatic carbocycles. The summed E-state index contributed by atoms with van der Waals surface area (Å²) < 4.78 is 0. The third-order valence-corrected chi connectivity index (χ3v) is 5.47. The lowest BCUT2D eigenvalue weighted by Crippen LogP contribution is -2.48. The molecule has 0 bridgehead atoms. The highest BCUT2D eigenvalue weighted by Gasteiger charge is 2.20. The van der Waals surface area contributed by atoms with Crippen LogP contribution < -0.4 is 16.0 Å². The van der Waals surface area contributed by atoms with Crippen LogP contribution in [0.2, 0.25) is 0 Å². The van der Waals surface area contributed by atoms with E-state index in [0.717, 1.165) is 62.7 Å². The van der Waals surface area contributed by atoms with E-state index in [2.05, 4.69) is 38.8 Å². The summed E-state index contributed by atoms with van der Waals surface area (Å²) in [7, 11) is 1.65. The maximum atomic E-state index is 11.8. The molecule has 1 saturated heterocycles. The van der Waals surface area contributed by atoms with Gasteiger partial charge in [-0.25, -0.2) is 0 Å². The maximum absolute atomic E-state index is 11.8. The number of guanidine groups is 1. The van der Waals surface area contributed by atoms with Crippen molar-refractivity contribution in [2.75, 3.05) is 33.2 Å². The normalized spacial score (nSPS) is 15.0. The average molecular weight is 550 g/mol. The highest BCUT2D eigenvalue weighted by Crippen LogP contribution is 2.13. The predicted molar refractivity (Wildman–Crippen MR) is 141 cm³/mol. The van der Waals surface area contributed by atoms with Gasteiger partial charge in [-0.2, -0.15) is 0 Å². The van der Waals surface area contributed by atoms with E-state index in [0.29, 0.717) is 18.2 Å². The van der Waals surface area contributed by atoms with Crippen molar-refractivity contribution < 1.29 is 4.79 Å². The lowest BCUT2D eigenvalue weighted by Gasteiger charge is -2.32. The Morgan fingerprint density at radius 2 is 2.00 bits per heavy atom. The number of nitrogens with one attached hydrogen (secondary N) is 3. The molecule has 0 unspecified atom stereocenters. The van der Waals surface area contributed by atoms with Crippen LogP contribution in [0, 0.1) is 0 Å². The van der Waals surface area contributed by atoms with Gasteiger partial charge >= 0.3 is 0 Å². The van der Waals surface area contributed by atoms with Crippen LogP contribution in [-0.2, 0) is 13.0 Å². The van der Waals surface area contributed by atoms with Gasteiger partial charge in [0.05, 0.1) is 5.69 Å². The summed E-state index contributed by atoms with van der Waals surface area (Å²) in [5.41, 5.74) is 2.93. The number of carbonyl (C=O) groups is 1. The molecule has 174 valence electrons. The summed E-state index contributed by atoms with van der Waals surface area (Å²) in [6, 6.07) is 14.2. The van der Waals surface area contributed by atoms with Gasteiger partial charge in [-0.05, 0) is 56.0 Å². The topological polar surface area (TPSA) is 81.6 Å². The molecular weight excluding hydrogens is 515 g/mol. The molecule has 0 radical (unpaired) electrons. The second kappa shape index (κ2) is 14.1. The number of carbonyl (C=O) groups excluding carboxylic acids is 1. The van der Waals surface area contributed by atoms with Crippen molar-refractivity contribution in [3.8, 4) is 0 Å². The molecule has 0 aliphatic carbocycles. The quantitative estimate of drug-likeness (QED) is 0.268. The van der Waals surface area contributed by atoms with Crippen LogP contribution in [0.15, 0.2) is 53.7 Å². The van der Waals surface area contributed by atoms with E-state index in [4.69, 9.17) is 4.99 Å². The van der Waals surface area contributed by atoms with Gasteiger partial charge in [-0.3, -0.25) is 19.7 Å². The van der Waals surface area contributed by atoms with Crippen LogP contribution in [0.25, 0.3) is 0 Å². The Labute approximate surface area is 208 Å². The van der Waals surface area contributed by atoms with Gasteiger partial charge in [0, 0.05) is 57.6 Å². The number of rotatable bonds is 8. The fraction of sp³-hybridized carbons (Fsp3) is 0.458. The maximum Gasteiger partial charge on any atom is 0.251 e. The molecule has 2 heterocycles. The third kappa shape index (κ3) is 8.38. The van der Waals surface area contributed by atoms with Crippen LogP contribution >= 0.6 is 24.0 Å². The number of benzene rings is 1. The number of likely N-dealkylation sites (tertiary alicyclic amines) is 1. The van der Waals surface area contributed by atoms with Crippen molar-refractivity contribution in [2.24, 2.45) is 4.99 Å². The SMILES string of the molecule is CCNC(=NCCc1cccc(C(=O)NC)c1)NC1CCN(Cc2ccccn2)CC1.I. The predicted octanol–water partition coefficient (Wildman–Crippen LogP) is 2.82. The zero-order chi connectivity index (χ0) is 21.9. The third-order valence-electron chi connectivity index (χ3n) is 5.47. The standard InChI is InChI=1S/C24H34N6O.HI/c1-3-26-24(28-14-10-19-7-6-8-20(17-19)23(31)25-2)29-21-11-15-30(16-12-21)18-22-9-4-5-13-27-22;/h4-9,13,17,21H,3,10-12,14-16,18H2,1-2H3,(H,25,31)(H2,26,28,29);1H. The number of amides is 1. The molecule has 1 amide bonds. The number of pyridine rings is 1. The second-order valence-electron chi connectivity index (χ2n) is 7.81. The molecule has 1 fully saturated rings. The molecule has 3 rings (SSSR count). The van der Waals surface area contributed by atoms with Crippen LogP contribution in [0.1, 0.15) is 41.4 Å². The fourth-order valence-electron chi connectivity index (χ4n) is 3.78. The van der Waals surface area contributed by atoms with Gasteiger partial charge in [-0.15, -0.1) is 24.0 Å². The molecule has 0 atom stereocenters. The minimum absolute atomic E-state index is 0. The molecular formula is C24H35IN6O. The number of aliphatic imine (C=N–C) groups is 1. The Hall–Kier alpha value is -2.20. The molecule has 1 aliphatic heterocycles. The molecule has 1 aromatic heterocycles. The average Bonchev–Trinajstić information content (AvgIpc) is 2.81. The number of aromatic nitrogens is 1. The minimum Gasteiger partial charge on any atom is -0.357 e. The zero-order valence-electron chi connectivity index (χ0n) is 19.0. The number of nitrogens with zero attached hydrogens (tertiary/aromatic N) is 3. The first kappa shape index (κ1) is 26.1. The minimum atomic E-state index is -0.0604. The highest BCUT2D eigenvalue weighted by atomic mass is 127. The van der Waals surface area contributed by atoms with E-state index >= 15 is 0 Å². The van der Waals surface area contributed by atoms with Gasteiger partial charge in [-0.1, -0.05) is 18.2 Å². The Bertz CT molecular complexity index is 853. The first-order valence-electron chi connectivity index (χ1n) is 11.2. The summed E-state index contributed by atoms with van der Waals surface area (Å²) in [5, 5.41) is 9.62. The number of hydrogen-bond acceptors (Lipinski definition) is 4. The first-order valence-corrected chi connectivity index (χ1v) is 11.2. The largest absolute Gasteiger partial charge is 0.357 e. The van der Waals surface area contributed by atoms with Gasteiger partial charge in [0.15, 0.2) is 5.96 Å². The Morgan fingerprint density at radius 1 is 1.19 bits per heavy atom. The van der Waals surface area contributed by atoms with Crippen molar-refractivity contribution in [1.29, 1.82) is 0 Å². The number of piperidine rings is 1. The van der Waals surface area contributed by atoms with E-state index in [1.165, 1.54) is 0 Å². The van der Waals surface area contributed by atoms with Gasteiger partial charge in [0.25, 0.3) is 5.91 Å². The van der Waals surface area contributed by atoms with E-state index in [1.807, 2.05) is 42.6 Å². The lowest BCUT2D eigenvalue weighted by molar-refractivity contribution is 0.0963. The highest BCUT2D eigenvalue weighted by molar-refractivity contribution is 14.0. The summed E-state index contributed by atoms with van der Waals surface area (Å²) in [5.74, 6) is 0.808. The molecule has 0 saturated carbocycles. The monoisotopic (exact) mass is 550 g/mol. The second-order valence-corrected chi connectivity index (χ2v) is 7.81. The van der Waals surface area contributed by atoms with Crippen molar-refractivity contribution in [3.63, 3.8) is 0 Å². The summed E-state index contributed by atoms with van der Waals surface area (Å²) in [4.78, 5) is 23.5. The van der Waals surface area contributed by atoms with Gasteiger partial charge < -0.3 is 16.0 Å². The van der Waals surface area contributed by atoms with E-state index in [9.17, 15) is 4.79 Å². The molecule has 2 aromatic rings. The van der Waals surface area contributed by atoms with Crippen LogP contribution in [0.4, 0.5) is 0 Å². The number of hydrogen-bond donors (Lipinski definition) is 3. The van der Waals surface area contributed by atoms with Crippen molar-refractivity contribution >= 4 is 35.8 Å². The van der Waals surface area contributed by atoms with Crippen LogP contribution in [0.5, 0.6) is 0 Å². The van der Waals surface area contributed by atoms with Crippen molar-refractivity contribution in [3.05, 3.63) is 65.5 Å². The Balaban J connectivity index is 0.00000363. The van der Waals surface area contributed by atoms with E-state index < -0.39 is 0 Å². The van der Waals surface area contributed by atoms with Crippen LogP contribution in [0.3, 0.4) is 0 Å². The fourth-order valence-corrected chi connectivity index (χ4v) is 3.78. The Morgan fingerprint density at radius 3 is 2.69 bits per heavy atom. The van der Waals surface area contributed by atoms with Gasteiger partial charge in [0.2, 0.25) is 0 Å². The summed E-state index contributed by atoms with van der Waals surface area (Å²) >= 11 is 0. The molecule has 32 heavy (non-hydrogen) atoms. The van der Waals surface area contributed by atoms with Crippen molar-refractivity contribution in [2.45, 2.75) is 38.8 Å². The molecule has 7 nitrogen and oxygen atoms in total. The zero-order valence-corrected chi connectivity index (χ0v) is 21.3. The molecule has 8 heteroatoms. The summed E-state index contributed by atoms with van der Waals surface area (Å²) in [6.45, 7) is 6.61. The van der Waals surface area contributed by atoms with Gasteiger partial charge in [0.1, 0.15) is 0 Å². The van der Waals surface area contributed by atoms with Crippen molar-refractivity contribution in [1.82, 2.24) is 25.8 Å². The molecule has 0 spiro atoms. The smallest absolute Gasteiger partial charge is 0.251 e. The summed E-state index contributed by atoms with van der Waals surface area (Å²) in [6.07, 6.45) is 4.83. The Kier molecular flexibility index (Phi) is 11.4. The molecule has 1 aliphatic rings. The van der Waals surface area contributed by atoms with E-state index in [-0.39, 0.29) is 29.9 Å². The lowest BCUT2D eigenvalue weighted by atomic mass is 10.0. The van der Waals surface area contributed by atoms with E-state index in [1.54, 1.807) is 7.05 Å². The molecule has 3 N–H and O–H groups in total. The first-order chi connectivity index (χ1) is 15.2. The number of halogens is 1. The van der Waals surface area contributed by atoms with Crippen LogP contribution in [-0.4, -0.2) is 61.0 Å².